The van der Waals surface area contributed by atoms with Crippen molar-refractivity contribution in [2.75, 3.05) is 18.6 Å². The van der Waals surface area contributed by atoms with Crippen LogP contribution in [0, 0.1) is 11.6 Å². The molecule has 0 unspecified atom stereocenters. The van der Waals surface area contributed by atoms with Crippen LogP contribution < -0.4 is 15.2 Å². The van der Waals surface area contributed by atoms with E-state index in [9.17, 15) is 4.79 Å². The molecule has 1 N–H and O–H groups in total. The molecule has 0 amide bonds. The van der Waals surface area contributed by atoms with Crippen molar-refractivity contribution in [3.05, 3.63) is 80.5 Å². The van der Waals surface area contributed by atoms with Crippen LogP contribution >= 0.6 is 12.2 Å². The molecule has 7 nitrogen and oxygen atoms in total. The average Bonchev–Trinajstić information content (AvgIpc) is 2.78. The number of fused-ring (bicyclic) bond motifs is 2. The topological polar surface area (TPSA) is 76.0 Å². The standard InChI is InChI=1S/C23H21N5O2S/c1-14-24-20-19(22(31)28(14)17-7-9-18(30-2)10-8-17)21(29)26-23(25-20)27-12-11-15-5-3-4-6-16(15)13-27/h3-10H,11-13H2,1-2H3,(H,25,26,29). The highest BCUT2D eigenvalue weighted by atomic mass is 32.1. The molecule has 8 heteroatoms. The van der Waals surface area contributed by atoms with Gasteiger partial charge in [-0.15, -0.1) is 0 Å². The van der Waals surface area contributed by atoms with E-state index < -0.39 is 0 Å². The summed E-state index contributed by atoms with van der Waals surface area (Å²) in [7, 11) is 1.62. The first-order valence-corrected chi connectivity index (χ1v) is 10.5. The number of aromatic amines is 1. The summed E-state index contributed by atoms with van der Waals surface area (Å²) in [6.07, 6.45) is 0.906. The van der Waals surface area contributed by atoms with Crippen LogP contribution in [0.2, 0.25) is 0 Å². The molecule has 4 aromatic rings. The van der Waals surface area contributed by atoms with E-state index in [0.717, 1.165) is 24.4 Å². The number of aromatic nitrogens is 4. The van der Waals surface area contributed by atoms with Gasteiger partial charge in [-0.25, -0.2) is 4.98 Å². The Labute approximate surface area is 184 Å². The van der Waals surface area contributed by atoms with Crippen LogP contribution in [0.15, 0.2) is 53.3 Å². The summed E-state index contributed by atoms with van der Waals surface area (Å²) in [5, 5.41) is 0.317. The summed E-state index contributed by atoms with van der Waals surface area (Å²) in [5.41, 5.74) is 3.48. The molecule has 0 bridgehead atoms. The predicted molar refractivity (Wildman–Crippen MR) is 123 cm³/mol. The largest absolute Gasteiger partial charge is 0.497 e. The maximum atomic E-state index is 13.0. The molecule has 0 spiro atoms. The predicted octanol–water partition coefficient (Wildman–Crippen LogP) is 3.72. The molecule has 5 rings (SSSR count). The highest BCUT2D eigenvalue weighted by molar-refractivity contribution is 7.71. The van der Waals surface area contributed by atoms with Gasteiger partial charge in [0.25, 0.3) is 5.56 Å². The maximum absolute atomic E-state index is 13.0. The van der Waals surface area contributed by atoms with Crippen molar-refractivity contribution >= 4 is 29.2 Å². The molecule has 2 aromatic carbocycles. The smallest absolute Gasteiger partial charge is 0.264 e. The molecule has 0 aliphatic carbocycles. The van der Waals surface area contributed by atoms with Gasteiger partial charge in [-0.1, -0.05) is 36.5 Å². The zero-order valence-electron chi connectivity index (χ0n) is 17.3. The minimum Gasteiger partial charge on any atom is -0.497 e. The summed E-state index contributed by atoms with van der Waals surface area (Å²) >= 11 is 5.68. The van der Waals surface area contributed by atoms with E-state index >= 15 is 0 Å². The summed E-state index contributed by atoms with van der Waals surface area (Å²) in [6.45, 7) is 3.34. The van der Waals surface area contributed by atoms with E-state index in [-0.39, 0.29) is 5.56 Å². The Balaban J connectivity index is 1.60. The van der Waals surface area contributed by atoms with Crippen LogP contribution in [0.25, 0.3) is 16.7 Å². The molecule has 3 heterocycles. The van der Waals surface area contributed by atoms with Gasteiger partial charge >= 0.3 is 0 Å². The number of benzene rings is 2. The Morgan fingerprint density at radius 1 is 1.06 bits per heavy atom. The lowest BCUT2D eigenvalue weighted by molar-refractivity contribution is 0.414. The molecule has 0 fully saturated rings. The second-order valence-corrected chi connectivity index (χ2v) is 7.91. The summed E-state index contributed by atoms with van der Waals surface area (Å²) in [6, 6.07) is 15.8. The number of ether oxygens (including phenoxy) is 1. The van der Waals surface area contributed by atoms with Crippen LogP contribution in [0.3, 0.4) is 0 Å². The van der Waals surface area contributed by atoms with Crippen molar-refractivity contribution in [3.63, 3.8) is 0 Å². The SMILES string of the molecule is COc1ccc(-n2c(C)nc3nc(N4CCc5ccccc5C4)[nH]c(=O)c3c2=S)cc1. The second kappa shape index (κ2) is 7.63. The summed E-state index contributed by atoms with van der Waals surface area (Å²) < 4.78 is 7.40. The van der Waals surface area contributed by atoms with Gasteiger partial charge in [0, 0.05) is 18.8 Å². The van der Waals surface area contributed by atoms with Crippen molar-refractivity contribution in [2.24, 2.45) is 0 Å². The third-order valence-corrected chi connectivity index (χ3v) is 6.04. The molecule has 0 radical (unpaired) electrons. The van der Waals surface area contributed by atoms with E-state index in [0.29, 0.717) is 34.0 Å². The molecule has 156 valence electrons. The number of hydrogen-bond donors (Lipinski definition) is 1. The van der Waals surface area contributed by atoms with Crippen LogP contribution in [-0.2, 0) is 13.0 Å². The number of nitrogens with one attached hydrogen (secondary N) is 1. The summed E-state index contributed by atoms with van der Waals surface area (Å²) in [5.74, 6) is 1.93. The first-order chi connectivity index (χ1) is 15.0. The van der Waals surface area contributed by atoms with E-state index in [1.165, 1.54) is 11.1 Å². The lowest BCUT2D eigenvalue weighted by Crippen LogP contribution is -2.33. The first kappa shape index (κ1) is 19.4. The average molecular weight is 432 g/mol. The zero-order valence-corrected chi connectivity index (χ0v) is 18.1. The van der Waals surface area contributed by atoms with Gasteiger partial charge in [0.05, 0.1) is 7.11 Å². The second-order valence-electron chi connectivity index (χ2n) is 7.53. The Kier molecular flexibility index (Phi) is 4.78. The number of hydrogen-bond acceptors (Lipinski definition) is 6. The fourth-order valence-corrected chi connectivity index (χ4v) is 4.47. The fraction of sp³-hybridized carbons (Fsp3) is 0.217. The molecule has 31 heavy (non-hydrogen) atoms. The number of aryl methyl sites for hydroxylation is 1. The third kappa shape index (κ3) is 3.38. The number of H-pyrrole nitrogens is 1. The lowest BCUT2D eigenvalue weighted by atomic mass is 10.0. The van der Waals surface area contributed by atoms with Crippen LogP contribution in [0.1, 0.15) is 17.0 Å². The van der Waals surface area contributed by atoms with Gasteiger partial charge in [-0.05, 0) is 48.7 Å². The number of methoxy groups -OCH3 is 1. The van der Waals surface area contributed by atoms with Crippen LogP contribution in [0.5, 0.6) is 5.75 Å². The van der Waals surface area contributed by atoms with Gasteiger partial charge in [-0.3, -0.25) is 14.3 Å². The first-order valence-electron chi connectivity index (χ1n) is 10.0. The van der Waals surface area contributed by atoms with Gasteiger partial charge in [0.1, 0.15) is 21.6 Å². The molecule has 1 aliphatic heterocycles. The quantitative estimate of drug-likeness (QED) is 0.499. The van der Waals surface area contributed by atoms with Crippen LogP contribution in [-0.4, -0.2) is 33.2 Å². The van der Waals surface area contributed by atoms with E-state index in [4.69, 9.17) is 17.0 Å². The monoisotopic (exact) mass is 431 g/mol. The van der Waals surface area contributed by atoms with Crippen molar-refractivity contribution in [1.29, 1.82) is 0 Å². The molecule has 0 saturated heterocycles. The van der Waals surface area contributed by atoms with E-state index in [2.05, 4.69) is 38.1 Å². The van der Waals surface area contributed by atoms with Crippen molar-refractivity contribution in [1.82, 2.24) is 19.5 Å². The molecule has 2 aromatic heterocycles. The van der Waals surface area contributed by atoms with Gasteiger partial charge < -0.3 is 9.64 Å². The Bertz CT molecular complexity index is 1410. The fourth-order valence-electron chi connectivity index (χ4n) is 4.05. The molecule has 1 aliphatic rings. The number of rotatable bonds is 3. The molecule has 0 saturated carbocycles. The lowest BCUT2D eigenvalue weighted by Gasteiger charge is -2.29. The minimum absolute atomic E-state index is 0.279. The summed E-state index contributed by atoms with van der Waals surface area (Å²) in [4.78, 5) is 27.3. The molecule has 0 atom stereocenters. The van der Waals surface area contributed by atoms with Gasteiger partial charge in [-0.2, -0.15) is 4.98 Å². The highest BCUT2D eigenvalue weighted by Gasteiger charge is 2.20. The zero-order chi connectivity index (χ0) is 21.5. The minimum atomic E-state index is -0.279. The van der Waals surface area contributed by atoms with Gasteiger partial charge in [0.15, 0.2) is 5.65 Å². The van der Waals surface area contributed by atoms with Crippen molar-refractivity contribution < 1.29 is 4.74 Å². The Hall–Kier alpha value is -3.52. The van der Waals surface area contributed by atoms with Gasteiger partial charge in [0.2, 0.25) is 5.95 Å². The van der Waals surface area contributed by atoms with E-state index in [1.54, 1.807) is 11.7 Å². The third-order valence-electron chi connectivity index (χ3n) is 5.66. The number of nitrogens with zero attached hydrogens (tertiary/aromatic N) is 4. The molecular formula is C23H21N5O2S. The Morgan fingerprint density at radius 3 is 2.55 bits per heavy atom. The highest BCUT2D eigenvalue weighted by Crippen LogP contribution is 2.23. The Morgan fingerprint density at radius 2 is 1.81 bits per heavy atom. The van der Waals surface area contributed by atoms with Crippen molar-refractivity contribution in [3.8, 4) is 11.4 Å². The normalized spacial score (nSPS) is 13.3. The maximum Gasteiger partial charge on any atom is 0.264 e. The molecular weight excluding hydrogens is 410 g/mol. The van der Waals surface area contributed by atoms with Crippen molar-refractivity contribution in [2.45, 2.75) is 19.9 Å². The van der Waals surface area contributed by atoms with E-state index in [1.807, 2.05) is 37.3 Å². The van der Waals surface area contributed by atoms with Crippen LogP contribution in [0.4, 0.5) is 5.95 Å². The number of anilines is 1.